The molecule has 1 aromatic heterocycles. The number of hydrogen-bond donors (Lipinski definition) is 2. The van der Waals surface area contributed by atoms with E-state index in [1.54, 1.807) is 22.8 Å². The number of carboxylic acids is 1. The van der Waals surface area contributed by atoms with Crippen molar-refractivity contribution in [3.63, 3.8) is 0 Å². The Morgan fingerprint density at radius 2 is 1.73 bits per heavy atom. The Hall–Kier alpha value is -2.96. The molecule has 2 aromatic rings. The van der Waals surface area contributed by atoms with Crippen molar-refractivity contribution in [1.29, 1.82) is 0 Å². The minimum Gasteiger partial charge on any atom is -0.480 e. The Morgan fingerprint density at radius 3 is 2.37 bits per heavy atom. The molecule has 0 fully saturated rings. The second kappa shape index (κ2) is 8.81. The fourth-order valence-corrected chi connectivity index (χ4v) is 3.74. The van der Waals surface area contributed by atoms with Gasteiger partial charge in [0.2, 0.25) is 0 Å². The summed E-state index contributed by atoms with van der Waals surface area (Å²) in [6.07, 6.45) is 5.57. The highest BCUT2D eigenvalue weighted by Gasteiger charge is 2.31. The molecule has 1 aliphatic carbocycles. The van der Waals surface area contributed by atoms with Crippen LogP contribution >= 0.6 is 0 Å². The van der Waals surface area contributed by atoms with Gasteiger partial charge in [0, 0.05) is 5.69 Å². The number of pyridine rings is 1. The molecule has 0 spiro atoms. The predicted octanol–water partition coefficient (Wildman–Crippen LogP) is 3.29. The van der Waals surface area contributed by atoms with E-state index >= 15 is 0 Å². The van der Waals surface area contributed by atoms with Crippen molar-refractivity contribution < 1.29 is 19.1 Å². The van der Waals surface area contributed by atoms with E-state index in [1.807, 2.05) is 0 Å². The number of nitrogens with one attached hydrogen (secondary N) is 1. The van der Waals surface area contributed by atoms with Crippen LogP contribution in [0.1, 0.15) is 66.7 Å². The van der Waals surface area contributed by atoms with Crippen LogP contribution in [0.2, 0.25) is 0 Å². The maximum Gasteiger partial charge on any atom is 0.328 e. The summed E-state index contributed by atoms with van der Waals surface area (Å²) in [5.74, 6) is -2.25. The molecule has 0 radical (unpaired) electrons. The third-order valence-corrected chi connectivity index (χ3v) is 5.56. The fourth-order valence-electron chi connectivity index (χ4n) is 3.74. The van der Waals surface area contributed by atoms with E-state index in [-0.39, 0.29) is 17.9 Å². The highest BCUT2D eigenvalue weighted by Crippen LogP contribution is 2.21. The molecule has 1 amide bonds. The summed E-state index contributed by atoms with van der Waals surface area (Å²) in [6.45, 7) is 2.97. The van der Waals surface area contributed by atoms with E-state index in [0.29, 0.717) is 0 Å². The van der Waals surface area contributed by atoms with Crippen molar-refractivity contribution in [3.8, 4) is 0 Å². The second-order valence-electron chi connectivity index (χ2n) is 8.35. The molecule has 6 nitrogen and oxygen atoms in total. The number of rotatable bonds is 5. The average molecular weight is 414 g/mol. The van der Waals surface area contributed by atoms with Crippen molar-refractivity contribution in [2.24, 2.45) is 0 Å². The summed E-state index contributed by atoms with van der Waals surface area (Å²) in [5.41, 5.74) is 0.567. The number of nitrogens with zero attached hydrogens (tertiary/aromatic N) is 1. The van der Waals surface area contributed by atoms with Crippen molar-refractivity contribution in [1.82, 2.24) is 9.88 Å². The molecule has 1 aromatic carbocycles. The minimum atomic E-state index is -1.50. The van der Waals surface area contributed by atoms with Crippen molar-refractivity contribution >= 4 is 11.9 Å². The first kappa shape index (κ1) is 21.7. The van der Waals surface area contributed by atoms with Crippen LogP contribution in [0.15, 0.2) is 35.1 Å². The number of carboxylic acid groups (broad SMARTS) is 1. The second-order valence-corrected chi connectivity index (χ2v) is 8.35. The molecular weight excluding hydrogens is 387 g/mol. The van der Waals surface area contributed by atoms with E-state index in [2.05, 4.69) is 5.32 Å². The number of aryl methyl sites for hydroxylation is 1. The zero-order valence-electron chi connectivity index (χ0n) is 17.3. The van der Waals surface area contributed by atoms with Gasteiger partial charge in [-0.1, -0.05) is 25.0 Å². The van der Waals surface area contributed by atoms with Gasteiger partial charge in [0.15, 0.2) is 0 Å². The van der Waals surface area contributed by atoms with Crippen LogP contribution in [-0.2, 0) is 24.2 Å². The standard InChI is InChI=1S/C23H27FN2O4/c1-23(2,22(29)30)25-20(27)18-13-16-7-5-3-4-6-8-19(16)26(21(18)28)14-15-9-11-17(24)12-10-15/h9-13H,3-8,14H2,1-2H3,(H,25,27)(H,29,30). The normalized spacial score (nSPS) is 14.4. The lowest BCUT2D eigenvalue weighted by atomic mass is 9.95. The number of amides is 1. The summed E-state index contributed by atoms with van der Waals surface area (Å²) >= 11 is 0. The molecule has 3 rings (SSSR count). The Morgan fingerprint density at radius 1 is 1.10 bits per heavy atom. The molecule has 0 saturated heterocycles. The predicted molar refractivity (Wildman–Crippen MR) is 111 cm³/mol. The minimum absolute atomic E-state index is 0.0641. The van der Waals surface area contributed by atoms with Crippen molar-refractivity contribution in [2.75, 3.05) is 0 Å². The number of hydrogen-bond acceptors (Lipinski definition) is 3. The van der Waals surface area contributed by atoms with E-state index in [9.17, 15) is 23.9 Å². The highest BCUT2D eigenvalue weighted by molar-refractivity contribution is 5.97. The number of aromatic nitrogens is 1. The van der Waals surface area contributed by atoms with Gasteiger partial charge in [-0.15, -0.1) is 0 Å². The SMILES string of the molecule is CC(C)(NC(=O)c1cc2c(n(Cc3ccc(F)cc3)c1=O)CCCCCC2)C(=O)O. The number of aliphatic carboxylic acids is 1. The van der Waals surface area contributed by atoms with Gasteiger partial charge in [0.25, 0.3) is 11.5 Å². The molecular formula is C23H27FN2O4. The zero-order valence-corrected chi connectivity index (χ0v) is 17.3. The van der Waals surface area contributed by atoms with Crippen LogP contribution in [0, 0.1) is 5.82 Å². The smallest absolute Gasteiger partial charge is 0.328 e. The summed E-state index contributed by atoms with van der Waals surface area (Å²) in [7, 11) is 0. The van der Waals surface area contributed by atoms with E-state index < -0.39 is 23.0 Å². The maximum absolute atomic E-state index is 13.3. The summed E-state index contributed by atoms with van der Waals surface area (Å²) in [4.78, 5) is 37.5. The molecule has 0 unspecified atom stereocenters. The number of halogens is 1. The molecule has 1 heterocycles. The van der Waals surface area contributed by atoms with Gasteiger partial charge in [-0.3, -0.25) is 9.59 Å². The number of carbonyl (C=O) groups is 2. The van der Waals surface area contributed by atoms with Crippen LogP contribution in [-0.4, -0.2) is 27.1 Å². The number of fused-ring (bicyclic) bond motifs is 1. The van der Waals surface area contributed by atoms with Gasteiger partial charge in [0.1, 0.15) is 16.9 Å². The molecule has 1 aliphatic rings. The summed E-state index contributed by atoms with van der Waals surface area (Å²) in [6, 6.07) is 7.55. The first-order valence-corrected chi connectivity index (χ1v) is 10.2. The lowest BCUT2D eigenvalue weighted by molar-refractivity contribution is -0.143. The van der Waals surface area contributed by atoms with Gasteiger partial charge in [-0.2, -0.15) is 0 Å². The van der Waals surface area contributed by atoms with Crippen molar-refractivity contribution in [2.45, 2.75) is 64.5 Å². The largest absolute Gasteiger partial charge is 0.480 e. The summed E-state index contributed by atoms with van der Waals surface area (Å²) < 4.78 is 14.9. The Bertz CT molecular complexity index is 1010. The zero-order chi connectivity index (χ0) is 21.9. The Balaban J connectivity index is 2.08. The van der Waals surface area contributed by atoms with Crippen LogP contribution in [0.5, 0.6) is 0 Å². The molecule has 0 saturated carbocycles. The molecule has 0 bridgehead atoms. The first-order valence-electron chi connectivity index (χ1n) is 10.2. The highest BCUT2D eigenvalue weighted by atomic mass is 19.1. The molecule has 0 aliphatic heterocycles. The van der Waals surface area contributed by atoms with Gasteiger partial charge >= 0.3 is 5.97 Å². The first-order chi connectivity index (χ1) is 14.2. The van der Waals surface area contributed by atoms with Crippen LogP contribution < -0.4 is 10.9 Å². The topological polar surface area (TPSA) is 88.4 Å². The van der Waals surface area contributed by atoms with Gasteiger partial charge < -0.3 is 15.0 Å². The average Bonchev–Trinajstić information content (AvgIpc) is 2.66. The Labute approximate surface area is 174 Å². The lowest BCUT2D eigenvalue weighted by Gasteiger charge is -2.23. The number of carbonyl (C=O) groups excluding carboxylic acids is 1. The van der Waals surface area contributed by atoms with Gasteiger partial charge in [-0.05, 0) is 68.9 Å². The van der Waals surface area contributed by atoms with E-state index in [1.165, 1.54) is 26.0 Å². The maximum atomic E-state index is 13.3. The van der Waals surface area contributed by atoms with Gasteiger partial charge in [0.05, 0.1) is 6.54 Å². The number of benzene rings is 1. The van der Waals surface area contributed by atoms with Crippen LogP contribution in [0.4, 0.5) is 4.39 Å². The summed E-state index contributed by atoms with van der Waals surface area (Å²) in [5, 5.41) is 11.8. The molecule has 0 atom stereocenters. The lowest BCUT2D eigenvalue weighted by Crippen LogP contribution is -2.51. The van der Waals surface area contributed by atoms with Gasteiger partial charge in [-0.25, -0.2) is 9.18 Å². The Kier molecular flexibility index (Phi) is 6.39. The third-order valence-electron chi connectivity index (χ3n) is 5.56. The van der Waals surface area contributed by atoms with E-state index in [4.69, 9.17) is 0 Å². The molecule has 2 N–H and O–H groups in total. The third kappa shape index (κ3) is 4.78. The van der Waals surface area contributed by atoms with Crippen LogP contribution in [0.3, 0.4) is 0 Å². The van der Waals surface area contributed by atoms with E-state index in [0.717, 1.165) is 55.3 Å². The van der Waals surface area contributed by atoms with Crippen LogP contribution in [0.25, 0.3) is 0 Å². The molecule has 160 valence electrons. The quantitative estimate of drug-likeness (QED) is 0.786. The molecule has 7 heteroatoms. The monoisotopic (exact) mass is 414 g/mol. The molecule has 30 heavy (non-hydrogen) atoms. The van der Waals surface area contributed by atoms with Crippen molar-refractivity contribution in [3.05, 3.63) is 68.9 Å². The fraction of sp³-hybridized carbons (Fsp3) is 0.435.